The normalized spacial score (nSPS) is 21.0. The molecule has 2 atom stereocenters. The van der Waals surface area contributed by atoms with Crippen molar-refractivity contribution in [3.63, 3.8) is 0 Å². The predicted octanol–water partition coefficient (Wildman–Crippen LogP) is 2.86. The second-order valence-electron chi connectivity index (χ2n) is 5.37. The molecule has 1 saturated carbocycles. The highest BCUT2D eigenvalue weighted by Crippen LogP contribution is 2.25. The molecular weight excluding hydrogens is 329 g/mol. The molecule has 0 bridgehead atoms. The molecule has 2 rings (SSSR count). The molecule has 1 aromatic rings. The van der Waals surface area contributed by atoms with Crippen LogP contribution in [0.4, 0.5) is 0 Å². The van der Waals surface area contributed by atoms with Gasteiger partial charge in [-0.1, -0.05) is 12.8 Å². The summed E-state index contributed by atoms with van der Waals surface area (Å²) in [6, 6.07) is 0.209. The van der Waals surface area contributed by atoms with E-state index >= 15 is 0 Å². The lowest BCUT2D eigenvalue weighted by Gasteiger charge is -2.27. The molecule has 0 aliphatic heterocycles. The molecule has 0 radical (unpaired) electrons. The third-order valence-corrected chi connectivity index (χ3v) is 4.61. The fourth-order valence-electron chi connectivity index (χ4n) is 2.65. The zero-order valence-electron chi connectivity index (χ0n) is 12.3. The molecule has 21 heavy (non-hydrogen) atoms. The second kappa shape index (κ2) is 10.4. The highest BCUT2D eigenvalue weighted by molar-refractivity contribution is 7.09. The quantitative estimate of drug-likeness (QED) is 0.854. The van der Waals surface area contributed by atoms with Gasteiger partial charge in [-0.15, -0.1) is 36.2 Å². The van der Waals surface area contributed by atoms with Crippen LogP contribution in [0.2, 0.25) is 0 Å². The maximum Gasteiger partial charge on any atom is 0.220 e. The van der Waals surface area contributed by atoms with Crippen LogP contribution in [0.15, 0.2) is 5.38 Å². The maximum atomic E-state index is 11.9. The van der Waals surface area contributed by atoms with E-state index in [1.54, 1.807) is 11.3 Å². The molecule has 122 valence electrons. The van der Waals surface area contributed by atoms with Crippen molar-refractivity contribution in [1.82, 2.24) is 10.3 Å². The lowest BCUT2D eigenvalue weighted by atomic mass is 9.83. The zero-order chi connectivity index (χ0) is 13.7. The van der Waals surface area contributed by atoms with E-state index in [9.17, 15) is 4.79 Å². The maximum absolute atomic E-state index is 11.9. The summed E-state index contributed by atoms with van der Waals surface area (Å²) in [4.78, 5) is 16.3. The average Bonchev–Trinajstić information content (AvgIpc) is 2.78. The van der Waals surface area contributed by atoms with Gasteiger partial charge in [0, 0.05) is 30.8 Å². The SMILES string of the molecule is Cc1nc(CCNC(=O)CC2CCCCC2N)cs1.Cl.Cl. The Labute approximate surface area is 143 Å². The van der Waals surface area contributed by atoms with Crippen molar-refractivity contribution >= 4 is 42.1 Å². The van der Waals surface area contributed by atoms with E-state index in [1.165, 1.54) is 12.8 Å². The number of carbonyl (C=O) groups excluding carboxylic acids is 1. The van der Waals surface area contributed by atoms with Gasteiger partial charge >= 0.3 is 0 Å². The van der Waals surface area contributed by atoms with Crippen LogP contribution in [0, 0.1) is 12.8 Å². The van der Waals surface area contributed by atoms with Crippen LogP contribution in [0.25, 0.3) is 0 Å². The number of hydrogen-bond donors (Lipinski definition) is 2. The summed E-state index contributed by atoms with van der Waals surface area (Å²) in [5, 5.41) is 6.11. The minimum absolute atomic E-state index is 0. The smallest absolute Gasteiger partial charge is 0.220 e. The van der Waals surface area contributed by atoms with Crippen LogP contribution in [0.1, 0.15) is 42.8 Å². The number of aromatic nitrogens is 1. The first-order chi connectivity index (χ1) is 9.15. The lowest BCUT2D eigenvalue weighted by Crippen LogP contribution is -2.37. The standard InChI is InChI=1S/C14H23N3OS.2ClH/c1-10-17-12(9-19-10)6-7-16-14(18)8-11-4-2-3-5-13(11)15;;/h9,11,13H,2-8,15H2,1H3,(H,16,18);2*1H. The molecule has 1 aliphatic carbocycles. The number of amides is 1. The number of nitrogens with zero attached hydrogens (tertiary/aromatic N) is 1. The van der Waals surface area contributed by atoms with E-state index in [2.05, 4.69) is 15.7 Å². The minimum atomic E-state index is 0. The highest BCUT2D eigenvalue weighted by Gasteiger charge is 2.23. The van der Waals surface area contributed by atoms with E-state index in [1.807, 2.05) is 6.92 Å². The molecule has 0 spiro atoms. The van der Waals surface area contributed by atoms with Crippen LogP contribution < -0.4 is 11.1 Å². The molecular formula is C14H25Cl2N3OS. The Bertz CT molecular complexity index is 428. The van der Waals surface area contributed by atoms with Gasteiger partial charge in [-0.3, -0.25) is 4.79 Å². The van der Waals surface area contributed by atoms with Gasteiger partial charge in [0.25, 0.3) is 0 Å². The number of aryl methyl sites for hydroxylation is 1. The van der Waals surface area contributed by atoms with E-state index < -0.39 is 0 Å². The Morgan fingerprint density at radius 1 is 1.43 bits per heavy atom. The number of nitrogens with two attached hydrogens (primary N) is 1. The number of thiazole rings is 1. The number of carbonyl (C=O) groups is 1. The molecule has 1 fully saturated rings. The van der Waals surface area contributed by atoms with Crippen molar-refractivity contribution in [2.24, 2.45) is 11.7 Å². The van der Waals surface area contributed by atoms with Gasteiger partial charge < -0.3 is 11.1 Å². The molecule has 1 aromatic heterocycles. The fraction of sp³-hybridized carbons (Fsp3) is 0.714. The first-order valence-electron chi connectivity index (χ1n) is 7.08. The van der Waals surface area contributed by atoms with Gasteiger partial charge in [-0.05, 0) is 25.7 Å². The molecule has 1 heterocycles. The number of hydrogen-bond acceptors (Lipinski definition) is 4. The topological polar surface area (TPSA) is 68.0 Å². The summed E-state index contributed by atoms with van der Waals surface area (Å²) in [6.07, 6.45) is 5.98. The van der Waals surface area contributed by atoms with Crippen molar-refractivity contribution in [2.45, 2.75) is 51.5 Å². The molecule has 1 amide bonds. The van der Waals surface area contributed by atoms with Crippen molar-refractivity contribution in [2.75, 3.05) is 6.54 Å². The molecule has 4 nitrogen and oxygen atoms in total. The van der Waals surface area contributed by atoms with Gasteiger partial charge in [0.2, 0.25) is 5.91 Å². The number of nitrogens with one attached hydrogen (secondary N) is 1. The van der Waals surface area contributed by atoms with Crippen LogP contribution in [-0.2, 0) is 11.2 Å². The number of halogens is 2. The van der Waals surface area contributed by atoms with Crippen molar-refractivity contribution in [3.05, 3.63) is 16.1 Å². The number of rotatable bonds is 5. The monoisotopic (exact) mass is 353 g/mol. The second-order valence-corrected chi connectivity index (χ2v) is 6.43. The third kappa shape index (κ3) is 6.96. The summed E-state index contributed by atoms with van der Waals surface area (Å²) in [7, 11) is 0. The third-order valence-electron chi connectivity index (χ3n) is 3.79. The Hall–Kier alpha value is -0.360. The molecule has 7 heteroatoms. The molecule has 2 unspecified atom stereocenters. The summed E-state index contributed by atoms with van der Waals surface area (Å²) in [5.41, 5.74) is 7.13. The van der Waals surface area contributed by atoms with Gasteiger partial charge in [0.05, 0.1) is 10.7 Å². The summed E-state index contributed by atoms with van der Waals surface area (Å²) in [5.74, 6) is 0.504. The molecule has 0 aromatic carbocycles. The van der Waals surface area contributed by atoms with Crippen molar-refractivity contribution in [1.29, 1.82) is 0 Å². The molecule has 3 N–H and O–H groups in total. The summed E-state index contributed by atoms with van der Waals surface area (Å²) >= 11 is 1.65. The van der Waals surface area contributed by atoms with E-state index in [4.69, 9.17) is 5.73 Å². The van der Waals surface area contributed by atoms with Crippen LogP contribution in [-0.4, -0.2) is 23.5 Å². The lowest BCUT2D eigenvalue weighted by molar-refractivity contribution is -0.122. The molecule has 0 saturated heterocycles. The first-order valence-corrected chi connectivity index (χ1v) is 7.96. The highest BCUT2D eigenvalue weighted by atomic mass is 35.5. The van der Waals surface area contributed by atoms with E-state index in [0.29, 0.717) is 18.9 Å². The van der Waals surface area contributed by atoms with E-state index in [-0.39, 0.29) is 36.8 Å². The summed E-state index contributed by atoms with van der Waals surface area (Å²) in [6.45, 7) is 2.67. The van der Waals surface area contributed by atoms with Gasteiger partial charge in [-0.25, -0.2) is 4.98 Å². The van der Waals surface area contributed by atoms with Crippen molar-refractivity contribution in [3.8, 4) is 0 Å². The predicted molar refractivity (Wildman–Crippen MR) is 92.6 cm³/mol. The Morgan fingerprint density at radius 3 is 2.76 bits per heavy atom. The van der Waals surface area contributed by atoms with Crippen molar-refractivity contribution < 1.29 is 4.79 Å². The van der Waals surface area contributed by atoms with Gasteiger partial charge in [0.15, 0.2) is 0 Å². The largest absolute Gasteiger partial charge is 0.356 e. The zero-order valence-corrected chi connectivity index (χ0v) is 14.8. The van der Waals surface area contributed by atoms with E-state index in [0.717, 1.165) is 30.0 Å². The van der Waals surface area contributed by atoms with Crippen LogP contribution in [0.3, 0.4) is 0 Å². The molecule has 1 aliphatic rings. The van der Waals surface area contributed by atoms with Gasteiger partial charge in [0.1, 0.15) is 0 Å². The average molecular weight is 354 g/mol. The summed E-state index contributed by atoms with van der Waals surface area (Å²) < 4.78 is 0. The van der Waals surface area contributed by atoms with Crippen LogP contribution in [0.5, 0.6) is 0 Å². The fourth-order valence-corrected chi connectivity index (χ4v) is 3.30. The Balaban J connectivity index is 0.00000200. The Kier molecular flexibility index (Phi) is 10.2. The van der Waals surface area contributed by atoms with Gasteiger partial charge in [-0.2, -0.15) is 0 Å². The minimum Gasteiger partial charge on any atom is -0.356 e. The Morgan fingerprint density at radius 2 is 2.14 bits per heavy atom. The first kappa shape index (κ1) is 20.6. The van der Waals surface area contributed by atoms with Crippen LogP contribution >= 0.6 is 36.2 Å².